The maximum atomic E-state index is 14.7. The van der Waals surface area contributed by atoms with Crippen LogP contribution in [-0.2, 0) is 17.1 Å². The second-order valence-electron chi connectivity index (χ2n) is 12.2. The van der Waals surface area contributed by atoms with Crippen LogP contribution in [0.15, 0.2) is 42.6 Å². The Kier molecular flexibility index (Phi) is 9.97. The number of alkyl halides is 2. The molecule has 0 saturated carbocycles. The number of piperidine rings is 1. The molecule has 1 aliphatic heterocycles. The molecular formula is C33H40ClF2N7O3. The minimum Gasteiger partial charge on any atom is -0.495 e. The molecule has 2 aliphatic rings. The van der Waals surface area contributed by atoms with Gasteiger partial charge >= 0.3 is 0 Å². The van der Waals surface area contributed by atoms with E-state index in [1.807, 2.05) is 24.3 Å². The predicted octanol–water partition coefficient (Wildman–Crippen LogP) is 5.81. The lowest BCUT2D eigenvalue weighted by Gasteiger charge is -2.34. The van der Waals surface area contributed by atoms with Gasteiger partial charge in [0.1, 0.15) is 11.6 Å². The second kappa shape index (κ2) is 13.8. The van der Waals surface area contributed by atoms with E-state index in [1.54, 1.807) is 0 Å². The van der Waals surface area contributed by atoms with E-state index >= 15 is 0 Å². The van der Waals surface area contributed by atoms with E-state index in [2.05, 4.69) is 50.0 Å². The standard InChI is InChI=1S/C33H40ClF2N7O3/c1-18(2)43-12-10-21(11-13-43)39-31(45)23-15-28(46-5)26(16-25(23)34)41-32-37-17-24(33(4,35)36)30(42-32)40-27-14-20-8-6-7-9-22(20)29(27)38-19(3)44/h6-9,15-18,21,27,29H,10-14H2,1-5H3,(H,38,44)(H,39,45)(H2,37,40,41,42). The summed E-state index contributed by atoms with van der Waals surface area (Å²) in [6.07, 6.45) is 3.24. The minimum absolute atomic E-state index is 0.00516. The molecule has 13 heteroatoms. The van der Waals surface area contributed by atoms with Crippen LogP contribution in [0.5, 0.6) is 5.75 Å². The zero-order chi connectivity index (χ0) is 33.2. The summed E-state index contributed by atoms with van der Waals surface area (Å²) >= 11 is 6.58. The Morgan fingerprint density at radius 3 is 2.50 bits per heavy atom. The number of fused-ring (bicyclic) bond motifs is 1. The van der Waals surface area contributed by atoms with Crippen LogP contribution >= 0.6 is 11.6 Å². The van der Waals surface area contributed by atoms with E-state index in [0.717, 1.165) is 50.2 Å². The number of halogens is 3. The first-order valence-corrected chi connectivity index (χ1v) is 15.8. The molecule has 0 spiro atoms. The number of ether oxygens (including phenoxy) is 1. The van der Waals surface area contributed by atoms with Crippen LogP contribution in [0, 0.1) is 0 Å². The molecule has 2 heterocycles. The van der Waals surface area contributed by atoms with Gasteiger partial charge in [-0.1, -0.05) is 35.9 Å². The van der Waals surface area contributed by atoms with Gasteiger partial charge in [0.25, 0.3) is 11.8 Å². The van der Waals surface area contributed by atoms with Gasteiger partial charge in [-0.25, -0.2) is 13.8 Å². The fourth-order valence-corrected chi connectivity index (χ4v) is 6.36. The summed E-state index contributed by atoms with van der Waals surface area (Å²) in [6.45, 7) is 8.33. The number of nitrogens with one attached hydrogen (secondary N) is 4. The molecule has 1 aliphatic carbocycles. The number of carbonyl (C=O) groups excluding carboxylic acids is 2. The average Bonchev–Trinajstić information content (AvgIpc) is 3.33. The Balaban J connectivity index is 1.37. The number of carbonyl (C=O) groups is 2. The number of hydrogen-bond donors (Lipinski definition) is 4. The molecule has 3 aromatic rings. The summed E-state index contributed by atoms with van der Waals surface area (Å²) in [4.78, 5) is 36.2. The highest BCUT2D eigenvalue weighted by atomic mass is 35.5. The van der Waals surface area contributed by atoms with Crippen molar-refractivity contribution in [1.29, 1.82) is 0 Å². The Hall–Kier alpha value is -4.03. The maximum absolute atomic E-state index is 14.7. The van der Waals surface area contributed by atoms with E-state index in [0.29, 0.717) is 23.9 Å². The molecule has 5 rings (SSSR count). The van der Waals surface area contributed by atoms with E-state index in [9.17, 15) is 18.4 Å². The van der Waals surface area contributed by atoms with Crippen LogP contribution < -0.4 is 26.0 Å². The van der Waals surface area contributed by atoms with Crippen LogP contribution in [0.1, 0.15) is 73.6 Å². The first kappa shape index (κ1) is 33.3. The van der Waals surface area contributed by atoms with Gasteiger partial charge in [-0.2, -0.15) is 4.98 Å². The van der Waals surface area contributed by atoms with Crippen molar-refractivity contribution in [3.8, 4) is 5.75 Å². The first-order chi connectivity index (χ1) is 21.8. The summed E-state index contributed by atoms with van der Waals surface area (Å²) in [7, 11) is 1.45. The molecule has 0 bridgehead atoms. The van der Waals surface area contributed by atoms with Crippen LogP contribution in [0.4, 0.5) is 26.2 Å². The highest BCUT2D eigenvalue weighted by molar-refractivity contribution is 6.34. The monoisotopic (exact) mass is 655 g/mol. The Labute approximate surface area is 272 Å². The predicted molar refractivity (Wildman–Crippen MR) is 174 cm³/mol. The molecule has 46 heavy (non-hydrogen) atoms. The van der Waals surface area contributed by atoms with Crippen molar-refractivity contribution in [3.05, 3.63) is 69.9 Å². The fourth-order valence-electron chi connectivity index (χ4n) is 6.11. The van der Waals surface area contributed by atoms with Gasteiger partial charge in [0, 0.05) is 45.2 Å². The first-order valence-electron chi connectivity index (χ1n) is 15.4. The number of likely N-dealkylation sites (tertiary alicyclic amines) is 1. The second-order valence-corrected chi connectivity index (χ2v) is 12.6. The van der Waals surface area contributed by atoms with Gasteiger partial charge < -0.3 is 30.9 Å². The lowest BCUT2D eigenvalue weighted by molar-refractivity contribution is -0.119. The van der Waals surface area contributed by atoms with Gasteiger partial charge in [0.15, 0.2) is 0 Å². The van der Waals surface area contributed by atoms with Gasteiger partial charge in [-0.3, -0.25) is 9.59 Å². The van der Waals surface area contributed by atoms with E-state index in [-0.39, 0.29) is 40.2 Å². The molecule has 1 fully saturated rings. The Morgan fingerprint density at radius 2 is 1.85 bits per heavy atom. The highest BCUT2D eigenvalue weighted by Crippen LogP contribution is 2.38. The molecule has 2 unspecified atom stereocenters. The van der Waals surface area contributed by atoms with Crippen molar-refractivity contribution in [1.82, 2.24) is 25.5 Å². The van der Waals surface area contributed by atoms with Crippen LogP contribution in [0.3, 0.4) is 0 Å². The zero-order valence-electron chi connectivity index (χ0n) is 26.6. The quantitative estimate of drug-likeness (QED) is 0.216. The number of hydrogen-bond acceptors (Lipinski definition) is 8. The number of benzene rings is 2. The lowest BCUT2D eigenvalue weighted by atomic mass is 10.0. The highest BCUT2D eigenvalue weighted by Gasteiger charge is 2.36. The van der Waals surface area contributed by atoms with Crippen molar-refractivity contribution in [3.63, 3.8) is 0 Å². The molecular weight excluding hydrogens is 616 g/mol. The van der Waals surface area contributed by atoms with Crippen molar-refractivity contribution in [2.24, 2.45) is 0 Å². The van der Waals surface area contributed by atoms with Crippen LogP contribution in [0.2, 0.25) is 5.02 Å². The molecule has 2 amide bonds. The van der Waals surface area contributed by atoms with Crippen LogP contribution in [0.25, 0.3) is 0 Å². The zero-order valence-corrected chi connectivity index (χ0v) is 27.3. The average molecular weight is 656 g/mol. The van der Waals surface area contributed by atoms with Crippen molar-refractivity contribution in [2.75, 3.05) is 30.8 Å². The number of rotatable bonds is 10. The van der Waals surface area contributed by atoms with Gasteiger partial charge in [0.2, 0.25) is 11.9 Å². The molecule has 1 aromatic heterocycles. The Morgan fingerprint density at radius 1 is 1.13 bits per heavy atom. The molecule has 0 radical (unpaired) electrons. The third-order valence-electron chi connectivity index (χ3n) is 8.55. The minimum atomic E-state index is -3.25. The van der Waals surface area contributed by atoms with Crippen molar-refractivity contribution in [2.45, 2.75) is 77.0 Å². The van der Waals surface area contributed by atoms with Gasteiger partial charge in [-0.05, 0) is 56.4 Å². The number of anilines is 3. The molecule has 4 N–H and O–H groups in total. The molecule has 1 saturated heterocycles. The molecule has 2 atom stereocenters. The fraction of sp³-hybridized carbons (Fsp3) is 0.455. The summed E-state index contributed by atoms with van der Waals surface area (Å²) < 4.78 is 35.0. The normalized spacial score (nSPS) is 18.6. The third-order valence-corrected chi connectivity index (χ3v) is 8.86. The summed E-state index contributed by atoms with van der Waals surface area (Å²) in [5.41, 5.74) is 2.12. The lowest BCUT2D eigenvalue weighted by Crippen LogP contribution is -2.46. The van der Waals surface area contributed by atoms with E-state index < -0.39 is 23.6 Å². The van der Waals surface area contributed by atoms with E-state index in [1.165, 1.54) is 26.2 Å². The topological polar surface area (TPSA) is 121 Å². The summed E-state index contributed by atoms with van der Waals surface area (Å²) in [6, 6.07) is 10.3. The number of amides is 2. The maximum Gasteiger partial charge on any atom is 0.275 e. The summed E-state index contributed by atoms with van der Waals surface area (Å²) in [5.74, 6) is -3.58. The SMILES string of the molecule is COc1cc(C(=O)NC2CCN(C(C)C)CC2)c(Cl)cc1Nc1ncc(C(C)(F)F)c(NC2Cc3ccccc3C2NC(C)=O)n1. The number of methoxy groups -OCH3 is 1. The van der Waals surface area contributed by atoms with Gasteiger partial charge in [-0.15, -0.1) is 0 Å². The molecule has 10 nitrogen and oxygen atoms in total. The van der Waals surface area contributed by atoms with Crippen LogP contribution in [-0.4, -0.2) is 65.0 Å². The number of aromatic nitrogens is 2. The Bertz CT molecular complexity index is 1590. The van der Waals surface area contributed by atoms with E-state index in [4.69, 9.17) is 16.3 Å². The molecule has 2 aromatic carbocycles. The number of nitrogens with zero attached hydrogens (tertiary/aromatic N) is 3. The van der Waals surface area contributed by atoms with Gasteiger partial charge in [0.05, 0.1) is 41.0 Å². The van der Waals surface area contributed by atoms with Crippen molar-refractivity contribution >= 4 is 40.9 Å². The smallest absolute Gasteiger partial charge is 0.275 e. The third kappa shape index (κ3) is 7.50. The largest absolute Gasteiger partial charge is 0.495 e. The summed E-state index contributed by atoms with van der Waals surface area (Å²) in [5, 5.41) is 12.4. The van der Waals surface area contributed by atoms with Crippen molar-refractivity contribution < 1.29 is 23.1 Å². The molecule has 246 valence electrons.